The molecule has 0 saturated heterocycles. The Morgan fingerprint density at radius 1 is 1.43 bits per heavy atom. The highest BCUT2D eigenvalue weighted by Gasteiger charge is 2.12. The number of rotatable bonds is 3. The summed E-state index contributed by atoms with van der Waals surface area (Å²) in [6.07, 6.45) is 5.95. The van der Waals surface area contributed by atoms with E-state index < -0.39 is 22.9 Å². The van der Waals surface area contributed by atoms with Crippen LogP contribution in [0.5, 0.6) is 0 Å². The highest BCUT2D eigenvalue weighted by Crippen LogP contribution is 2.15. The Morgan fingerprint density at radius 2 is 2.17 bits per heavy atom. The third kappa shape index (κ3) is 4.54. The third-order valence-electron chi connectivity index (χ3n) is 2.81. The van der Waals surface area contributed by atoms with Gasteiger partial charge in [0.15, 0.2) is 0 Å². The maximum Gasteiger partial charge on any atom is 0.325 e. The second kappa shape index (κ2) is 6.48. The Kier molecular flexibility index (Phi) is 4.64. The van der Waals surface area contributed by atoms with Gasteiger partial charge < -0.3 is 20.8 Å². The molecule has 1 unspecified atom stereocenters. The fraction of sp³-hybridized carbons (Fsp3) is 0.267. The molecule has 120 valence electrons. The molecule has 2 heterocycles. The van der Waals surface area contributed by atoms with E-state index >= 15 is 0 Å². The molecule has 0 fully saturated rings. The fourth-order valence-corrected chi connectivity index (χ4v) is 1.75. The second-order valence-corrected chi connectivity index (χ2v) is 5.38. The van der Waals surface area contributed by atoms with Gasteiger partial charge in [-0.25, -0.2) is 9.78 Å². The maximum atomic E-state index is 11.8. The predicted molar refractivity (Wildman–Crippen MR) is 85.3 cm³/mol. The number of nitrogens with zero attached hydrogens (tertiary/aromatic N) is 1. The zero-order valence-electron chi connectivity index (χ0n) is 12.7. The predicted octanol–water partition coefficient (Wildman–Crippen LogP) is -0.356. The van der Waals surface area contributed by atoms with Crippen molar-refractivity contribution in [2.24, 2.45) is 5.73 Å². The van der Waals surface area contributed by atoms with Gasteiger partial charge in [0.25, 0.3) is 5.56 Å². The van der Waals surface area contributed by atoms with E-state index in [0.29, 0.717) is 11.4 Å². The minimum absolute atomic E-state index is 0.179. The van der Waals surface area contributed by atoms with Gasteiger partial charge in [-0.3, -0.25) is 9.78 Å². The summed E-state index contributed by atoms with van der Waals surface area (Å²) in [5.74, 6) is 5.92. The number of H-pyrrole nitrogens is 3. The monoisotopic (exact) mass is 315 g/mol. The minimum Gasteiger partial charge on any atom is -0.378 e. The van der Waals surface area contributed by atoms with Gasteiger partial charge in [0.2, 0.25) is 0 Å². The summed E-state index contributed by atoms with van der Waals surface area (Å²) in [6.45, 7) is 3.10. The molecule has 0 spiro atoms. The molecule has 0 aliphatic rings. The van der Waals surface area contributed by atoms with Gasteiger partial charge in [0, 0.05) is 18.6 Å². The molecular weight excluding hydrogens is 298 g/mol. The van der Waals surface area contributed by atoms with Crippen LogP contribution in [0.15, 0.2) is 34.3 Å². The molecule has 0 aliphatic heterocycles. The van der Waals surface area contributed by atoms with Crippen molar-refractivity contribution in [3.63, 3.8) is 0 Å². The molecule has 0 bridgehead atoms. The topological polar surface area (TPSA) is 141 Å². The SMILES string of the molecule is CC(C)(O)C#C/C(=C/C(N)c1c[nH]c(=O)[nH]c1=O)c1ncc[nH]1. The number of allylic oxidation sites excluding steroid dienone is 1. The van der Waals surface area contributed by atoms with Gasteiger partial charge in [-0.2, -0.15) is 0 Å². The zero-order chi connectivity index (χ0) is 17.0. The summed E-state index contributed by atoms with van der Waals surface area (Å²) < 4.78 is 0. The number of nitrogens with two attached hydrogens (primary N) is 1. The maximum absolute atomic E-state index is 11.8. The van der Waals surface area contributed by atoms with Crippen molar-refractivity contribution < 1.29 is 5.11 Å². The van der Waals surface area contributed by atoms with Gasteiger partial charge in [0.05, 0.1) is 17.2 Å². The second-order valence-electron chi connectivity index (χ2n) is 5.38. The van der Waals surface area contributed by atoms with E-state index in [1.165, 1.54) is 12.3 Å². The molecule has 8 nitrogen and oxygen atoms in total. The summed E-state index contributed by atoms with van der Waals surface area (Å²) in [6, 6.07) is -0.813. The Hall–Kier alpha value is -2.89. The van der Waals surface area contributed by atoms with E-state index in [9.17, 15) is 14.7 Å². The van der Waals surface area contributed by atoms with E-state index in [2.05, 4.69) is 31.8 Å². The average Bonchev–Trinajstić information content (AvgIpc) is 2.96. The minimum atomic E-state index is -1.19. The van der Waals surface area contributed by atoms with Gasteiger partial charge in [0.1, 0.15) is 11.4 Å². The van der Waals surface area contributed by atoms with Crippen LogP contribution in [0.4, 0.5) is 0 Å². The first-order valence-electron chi connectivity index (χ1n) is 6.81. The lowest BCUT2D eigenvalue weighted by Gasteiger charge is -2.08. The van der Waals surface area contributed by atoms with Crippen LogP contribution in [0.3, 0.4) is 0 Å². The molecular formula is C15H17N5O3. The van der Waals surface area contributed by atoms with E-state index in [4.69, 9.17) is 5.73 Å². The average molecular weight is 315 g/mol. The molecule has 2 aromatic heterocycles. The quantitative estimate of drug-likeness (QED) is 0.492. The lowest BCUT2D eigenvalue weighted by molar-refractivity contribution is 0.143. The molecule has 8 heteroatoms. The summed E-state index contributed by atoms with van der Waals surface area (Å²) >= 11 is 0. The number of imidazole rings is 1. The molecule has 23 heavy (non-hydrogen) atoms. The lowest BCUT2D eigenvalue weighted by Crippen LogP contribution is -2.28. The first-order valence-corrected chi connectivity index (χ1v) is 6.81. The molecule has 0 aliphatic carbocycles. The zero-order valence-corrected chi connectivity index (χ0v) is 12.7. The Labute approximate surface area is 131 Å². The van der Waals surface area contributed by atoms with Gasteiger partial charge in [-0.05, 0) is 19.9 Å². The normalized spacial score (nSPS) is 13.3. The summed E-state index contributed by atoms with van der Waals surface area (Å²) in [5.41, 5.74) is 4.23. The van der Waals surface area contributed by atoms with Crippen LogP contribution in [0, 0.1) is 11.8 Å². The van der Waals surface area contributed by atoms with Crippen molar-refractivity contribution in [2.75, 3.05) is 0 Å². The summed E-state index contributed by atoms with van der Waals surface area (Å²) in [7, 11) is 0. The van der Waals surface area contributed by atoms with E-state index in [-0.39, 0.29) is 5.56 Å². The highest BCUT2D eigenvalue weighted by atomic mass is 16.3. The lowest BCUT2D eigenvalue weighted by atomic mass is 10.1. The molecule has 0 amide bonds. The van der Waals surface area contributed by atoms with Crippen LogP contribution < -0.4 is 17.0 Å². The van der Waals surface area contributed by atoms with Gasteiger partial charge in [-0.15, -0.1) is 0 Å². The molecule has 2 rings (SSSR count). The molecule has 1 atom stereocenters. The Balaban J connectivity index is 2.45. The molecule has 6 N–H and O–H groups in total. The number of aliphatic hydroxyl groups is 1. The van der Waals surface area contributed by atoms with Crippen molar-refractivity contribution >= 4 is 5.57 Å². The van der Waals surface area contributed by atoms with E-state index in [0.717, 1.165) is 0 Å². The van der Waals surface area contributed by atoms with Crippen molar-refractivity contribution in [1.82, 2.24) is 19.9 Å². The van der Waals surface area contributed by atoms with E-state index in [1.54, 1.807) is 26.2 Å². The molecule has 0 radical (unpaired) electrons. The van der Waals surface area contributed by atoms with Crippen molar-refractivity contribution in [3.8, 4) is 11.8 Å². The number of aromatic nitrogens is 4. The standard InChI is InChI=1S/C15H17N5O3/c1-15(2,23)4-3-9(12-17-5-6-18-12)7-11(16)10-8-19-14(22)20-13(10)21/h5-8,11,23H,16H2,1-2H3,(H,17,18)(H2,19,20,21,22)/b9-7-. The highest BCUT2D eigenvalue weighted by molar-refractivity contribution is 5.75. The molecule has 0 aromatic carbocycles. The van der Waals surface area contributed by atoms with Gasteiger partial charge in [-0.1, -0.05) is 11.8 Å². The smallest absolute Gasteiger partial charge is 0.325 e. The van der Waals surface area contributed by atoms with Crippen molar-refractivity contribution in [3.05, 3.63) is 56.9 Å². The van der Waals surface area contributed by atoms with Crippen LogP contribution >= 0.6 is 0 Å². The van der Waals surface area contributed by atoms with Crippen LogP contribution in [-0.4, -0.2) is 30.6 Å². The fourth-order valence-electron chi connectivity index (χ4n) is 1.75. The molecule has 2 aromatic rings. The van der Waals surface area contributed by atoms with Crippen molar-refractivity contribution in [1.29, 1.82) is 0 Å². The third-order valence-corrected chi connectivity index (χ3v) is 2.81. The van der Waals surface area contributed by atoms with Crippen LogP contribution in [0.2, 0.25) is 0 Å². The Bertz CT molecular complexity index is 873. The molecule has 0 saturated carbocycles. The summed E-state index contributed by atoms with van der Waals surface area (Å²) in [4.78, 5) is 34.3. The summed E-state index contributed by atoms with van der Waals surface area (Å²) in [5, 5.41) is 9.73. The number of hydrogen-bond donors (Lipinski definition) is 5. The van der Waals surface area contributed by atoms with E-state index in [1.807, 2.05) is 0 Å². The number of hydrogen-bond acceptors (Lipinski definition) is 5. The number of nitrogens with one attached hydrogen (secondary N) is 3. The van der Waals surface area contributed by atoms with Crippen LogP contribution in [0.1, 0.15) is 31.3 Å². The first kappa shape index (κ1) is 16.5. The largest absolute Gasteiger partial charge is 0.378 e. The van der Waals surface area contributed by atoms with Crippen molar-refractivity contribution in [2.45, 2.75) is 25.5 Å². The van der Waals surface area contributed by atoms with Crippen LogP contribution in [0.25, 0.3) is 5.57 Å². The number of aromatic amines is 3. The van der Waals surface area contributed by atoms with Gasteiger partial charge >= 0.3 is 5.69 Å². The van der Waals surface area contributed by atoms with Crippen LogP contribution in [-0.2, 0) is 0 Å². The first-order chi connectivity index (χ1) is 10.8. The Morgan fingerprint density at radius 3 is 2.74 bits per heavy atom.